The van der Waals surface area contributed by atoms with Gasteiger partial charge < -0.3 is 4.74 Å². The second kappa shape index (κ2) is 5.00. The highest BCUT2D eigenvalue weighted by Gasteiger charge is 2.06. The molecule has 0 radical (unpaired) electrons. The number of hydrogen-bond donors (Lipinski definition) is 0. The molecule has 0 N–H and O–H groups in total. The molecule has 0 spiro atoms. The summed E-state index contributed by atoms with van der Waals surface area (Å²) in [5.74, 6) is -0.224. The van der Waals surface area contributed by atoms with Crippen LogP contribution in [0.2, 0.25) is 0 Å². The molecule has 0 saturated heterocycles. The van der Waals surface area contributed by atoms with Crippen molar-refractivity contribution in [2.24, 2.45) is 0 Å². The average molecular weight is 228 g/mol. The van der Waals surface area contributed by atoms with Gasteiger partial charge in [-0.15, -0.1) is 0 Å². The van der Waals surface area contributed by atoms with Crippen LogP contribution in [0.3, 0.4) is 0 Å². The van der Waals surface area contributed by atoms with Crippen LogP contribution in [0.1, 0.15) is 19.4 Å². The zero-order valence-electron chi connectivity index (χ0n) is 10.1. The van der Waals surface area contributed by atoms with Gasteiger partial charge in [-0.3, -0.25) is 4.79 Å². The van der Waals surface area contributed by atoms with Crippen LogP contribution in [0.25, 0.3) is 10.8 Å². The first-order valence-electron chi connectivity index (χ1n) is 5.80. The van der Waals surface area contributed by atoms with Crippen LogP contribution < -0.4 is 0 Å². The van der Waals surface area contributed by atoms with E-state index < -0.39 is 0 Å². The van der Waals surface area contributed by atoms with Crippen molar-refractivity contribution in [2.75, 3.05) is 0 Å². The van der Waals surface area contributed by atoms with Gasteiger partial charge in [0.25, 0.3) is 0 Å². The van der Waals surface area contributed by atoms with Crippen LogP contribution in [0, 0.1) is 0 Å². The van der Waals surface area contributed by atoms with Gasteiger partial charge in [-0.1, -0.05) is 42.5 Å². The predicted molar refractivity (Wildman–Crippen MR) is 68.9 cm³/mol. The standard InChI is InChI=1S/C15H16O2/c1-11(17-12(2)16)9-13-7-8-14-5-3-4-6-15(14)10-13/h3-8,10-11H,9H2,1-2H3. The molecule has 0 amide bonds. The Morgan fingerprint density at radius 3 is 2.59 bits per heavy atom. The molecule has 0 saturated carbocycles. The van der Waals surface area contributed by atoms with Crippen LogP contribution >= 0.6 is 0 Å². The van der Waals surface area contributed by atoms with Crippen LogP contribution in [0.5, 0.6) is 0 Å². The van der Waals surface area contributed by atoms with Crippen LogP contribution in [0.15, 0.2) is 42.5 Å². The third-order valence-electron chi connectivity index (χ3n) is 2.70. The van der Waals surface area contributed by atoms with Gasteiger partial charge in [-0.05, 0) is 23.3 Å². The van der Waals surface area contributed by atoms with Crippen molar-refractivity contribution in [3.8, 4) is 0 Å². The largest absolute Gasteiger partial charge is 0.463 e. The van der Waals surface area contributed by atoms with Gasteiger partial charge in [0, 0.05) is 13.3 Å². The van der Waals surface area contributed by atoms with Gasteiger partial charge in [0.2, 0.25) is 0 Å². The molecule has 0 heterocycles. The van der Waals surface area contributed by atoms with Gasteiger partial charge in [0.05, 0.1) is 0 Å². The summed E-state index contributed by atoms with van der Waals surface area (Å²) in [6, 6.07) is 14.6. The van der Waals surface area contributed by atoms with E-state index in [1.54, 1.807) is 0 Å². The first-order chi connectivity index (χ1) is 8.15. The lowest BCUT2D eigenvalue weighted by atomic mass is 10.0. The van der Waals surface area contributed by atoms with E-state index in [9.17, 15) is 4.79 Å². The highest BCUT2D eigenvalue weighted by atomic mass is 16.5. The average Bonchev–Trinajstić information content (AvgIpc) is 2.27. The number of carbonyl (C=O) groups is 1. The van der Waals surface area contributed by atoms with E-state index >= 15 is 0 Å². The number of hydrogen-bond acceptors (Lipinski definition) is 2. The van der Waals surface area contributed by atoms with Gasteiger partial charge in [-0.25, -0.2) is 0 Å². The number of fused-ring (bicyclic) bond motifs is 1. The fourth-order valence-electron chi connectivity index (χ4n) is 2.02. The molecule has 0 aliphatic heterocycles. The van der Waals surface area contributed by atoms with E-state index in [2.05, 4.69) is 30.3 Å². The summed E-state index contributed by atoms with van der Waals surface area (Å²) in [7, 11) is 0. The van der Waals surface area contributed by atoms with Crippen LogP contribution in [0.4, 0.5) is 0 Å². The maximum Gasteiger partial charge on any atom is 0.302 e. The van der Waals surface area contributed by atoms with E-state index in [4.69, 9.17) is 4.74 Å². The SMILES string of the molecule is CC(=O)OC(C)Cc1ccc2ccccc2c1. The van der Waals surface area contributed by atoms with Crippen molar-refractivity contribution in [2.45, 2.75) is 26.4 Å². The summed E-state index contributed by atoms with van der Waals surface area (Å²) in [5.41, 5.74) is 1.19. The monoisotopic (exact) mass is 228 g/mol. The van der Waals surface area contributed by atoms with Crippen molar-refractivity contribution >= 4 is 16.7 Å². The zero-order valence-corrected chi connectivity index (χ0v) is 10.1. The van der Waals surface area contributed by atoms with Gasteiger partial charge in [0.1, 0.15) is 6.10 Å². The second-order valence-corrected chi connectivity index (χ2v) is 4.31. The molecule has 2 nitrogen and oxygen atoms in total. The Kier molecular flexibility index (Phi) is 3.43. The van der Waals surface area contributed by atoms with Gasteiger partial charge in [-0.2, -0.15) is 0 Å². The summed E-state index contributed by atoms with van der Waals surface area (Å²) in [6.07, 6.45) is 0.679. The van der Waals surface area contributed by atoms with Gasteiger partial charge in [0.15, 0.2) is 0 Å². The molecule has 0 aliphatic rings. The van der Waals surface area contributed by atoms with Crippen molar-refractivity contribution in [3.05, 3.63) is 48.0 Å². The number of carbonyl (C=O) groups excluding carboxylic acids is 1. The third-order valence-corrected chi connectivity index (χ3v) is 2.70. The highest BCUT2D eigenvalue weighted by molar-refractivity contribution is 5.83. The molecular formula is C15H16O2. The number of esters is 1. The summed E-state index contributed by atoms with van der Waals surface area (Å²) in [5, 5.41) is 2.46. The lowest BCUT2D eigenvalue weighted by molar-refractivity contribution is -0.145. The van der Waals surface area contributed by atoms with Gasteiger partial charge >= 0.3 is 5.97 Å². The van der Waals surface area contributed by atoms with Crippen molar-refractivity contribution in [1.82, 2.24) is 0 Å². The molecule has 2 aromatic rings. The molecule has 88 valence electrons. The van der Waals surface area contributed by atoms with Crippen molar-refractivity contribution < 1.29 is 9.53 Å². The lowest BCUT2D eigenvalue weighted by Crippen LogP contribution is -2.14. The Bertz CT molecular complexity index is 531. The Morgan fingerprint density at radius 2 is 1.88 bits per heavy atom. The van der Waals surface area contributed by atoms with Crippen LogP contribution in [-0.2, 0) is 16.0 Å². The minimum atomic E-state index is -0.224. The Morgan fingerprint density at radius 1 is 1.18 bits per heavy atom. The normalized spacial score (nSPS) is 12.4. The molecule has 0 aliphatic carbocycles. The maximum absolute atomic E-state index is 10.8. The Balaban J connectivity index is 2.16. The molecule has 2 rings (SSSR count). The van der Waals surface area contributed by atoms with Crippen molar-refractivity contribution in [3.63, 3.8) is 0 Å². The summed E-state index contributed by atoms with van der Waals surface area (Å²) in [6.45, 7) is 3.35. The topological polar surface area (TPSA) is 26.3 Å². The van der Waals surface area contributed by atoms with E-state index in [-0.39, 0.29) is 12.1 Å². The van der Waals surface area contributed by atoms with Crippen molar-refractivity contribution in [1.29, 1.82) is 0 Å². The summed E-state index contributed by atoms with van der Waals surface area (Å²) < 4.78 is 5.13. The first-order valence-corrected chi connectivity index (χ1v) is 5.80. The molecule has 0 fully saturated rings. The molecule has 1 atom stereocenters. The molecule has 2 heteroatoms. The molecule has 2 aromatic carbocycles. The molecule has 17 heavy (non-hydrogen) atoms. The number of benzene rings is 2. The zero-order chi connectivity index (χ0) is 12.3. The maximum atomic E-state index is 10.8. The van der Waals surface area contributed by atoms with E-state index in [0.29, 0.717) is 0 Å². The van der Waals surface area contributed by atoms with E-state index in [1.165, 1.54) is 23.3 Å². The third kappa shape index (κ3) is 3.06. The van der Waals surface area contributed by atoms with E-state index in [1.807, 2.05) is 19.1 Å². The highest BCUT2D eigenvalue weighted by Crippen LogP contribution is 2.17. The fourth-order valence-corrected chi connectivity index (χ4v) is 2.02. The first kappa shape index (κ1) is 11.6. The summed E-state index contributed by atoms with van der Waals surface area (Å²) >= 11 is 0. The smallest absolute Gasteiger partial charge is 0.302 e. The molecular weight excluding hydrogens is 212 g/mol. The minimum Gasteiger partial charge on any atom is -0.463 e. The molecule has 1 unspecified atom stereocenters. The lowest BCUT2D eigenvalue weighted by Gasteiger charge is -2.12. The van der Waals surface area contributed by atoms with Crippen LogP contribution in [-0.4, -0.2) is 12.1 Å². The minimum absolute atomic E-state index is 0.0753. The quantitative estimate of drug-likeness (QED) is 0.753. The van der Waals surface area contributed by atoms with E-state index in [0.717, 1.165) is 6.42 Å². The molecule has 0 aromatic heterocycles. The predicted octanol–water partition coefficient (Wildman–Crippen LogP) is 3.33. The fraction of sp³-hybridized carbons (Fsp3) is 0.267. The summed E-state index contributed by atoms with van der Waals surface area (Å²) in [4.78, 5) is 10.8. The second-order valence-electron chi connectivity index (χ2n) is 4.31. The Labute approximate surface area is 101 Å². The number of ether oxygens (including phenoxy) is 1. The Hall–Kier alpha value is -1.83. The number of rotatable bonds is 3. The molecule has 0 bridgehead atoms.